The Morgan fingerprint density at radius 3 is 2.50 bits per heavy atom. The summed E-state index contributed by atoms with van der Waals surface area (Å²) in [5.74, 6) is -0.611. The molecule has 1 aromatic carbocycles. The normalized spacial score (nSPS) is 11.3. The summed E-state index contributed by atoms with van der Waals surface area (Å²) in [6.07, 6.45) is 0. The summed E-state index contributed by atoms with van der Waals surface area (Å²) < 4.78 is 32.1. The van der Waals surface area contributed by atoms with Gasteiger partial charge in [0, 0.05) is 7.11 Å². The Labute approximate surface area is 106 Å². The molecule has 1 rings (SSSR count). The molecule has 0 unspecified atom stereocenters. The highest BCUT2D eigenvalue weighted by molar-refractivity contribution is 7.89. The van der Waals surface area contributed by atoms with Gasteiger partial charge in [-0.25, -0.2) is 18.4 Å². The summed E-state index contributed by atoms with van der Waals surface area (Å²) >= 11 is 0. The molecule has 0 aliphatic rings. The number of rotatable bonds is 5. The second kappa shape index (κ2) is 5.94. The fourth-order valence-electron chi connectivity index (χ4n) is 1.33. The molecule has 7 heteroatoms. The molecule has 0 spiro atoms. The molecule has 0 fully saturated rings. The molecule has 0 aliphatic carbocycles. The summed E-state index contributed by atoms with van der Waals surface area (Å²) in [5, 5.41) is 5.02. The summed E-state index contributed by atoms with van der Waals surface area (Å²) in [6, 6.07) is 4.11. The van der Waals surface area contributed by atoms with E-state index in [0.717, 1.165) is 0 Å². The van der Waals surface area contributed by atoms with Gasteiger partial charge in [-0.2, -0.15) is 0 Å². The molecule has 0 amide bonds. The number of sulfonamides is 1. The quantitative estimate of drug-likeness (QED) is 0.620. The first-order valence-electron chi connectivity index (χ1n) is 5.15. The molecule has 0 saturated carbocycles. The Morgan fingerprint density at radius 2 is 1.94 bits per heavy atom. The highest BCUT2D eigenvalue weighted by atomic mass is 32.2. The minimum Gasteiger partial charge on any atom is -0.460 e. The second-order valence-corrected chi connectivity index (χ2v) is 5.27. The number of methoxy groups -OCH3 is 1. The predicted octanol–water partition coefficient (Wildman–Crippen LogP) is 0.446. The van der Waals surface area contributed by atoms with E-state index in [1.165, 1.54) is 25.3 Å². The van der Waals surface area contributed by atoms with Gasteiger partial charge in [0.15, 0.2) is 0 Å². The predicted molar refractivity (Wildman–Crippen MR) is 64.7 cm³/mol. The third kappa shape index (κ3) is 4.10. The lowest BCUT2D eigenvalue weighted by molar-refractivity contribution is 0.0387. The molecule has 0 atom stereocenters. The summed E-state index contributed by atoms with van der Waals surface area (Å²) in [7, 11) is -2.35. The van der Waals surface area contributed by atoms with Crippen molar-refractivity contribution in [2.24, 2.45) is 5.14 Å². The van der Waals surface area contributed by atoms with E-state index in [1.807, 2.05) is 0 Å². The van der Waals surface area contributed by atoms with Gasteiger partial charge in [0.05, 0.1) is 17.1 Å². The third-order valence-corrected chi connectivity index (χ3v) is 3.03. The highest BCUT2D eigenvalue weighted by Crippen LogP contribution is 2.14. The maximum atomic E-state index is 11.6. The van der Waals surface area contributed by atoms with Crippen LogP contribution in [-0.2, 0) is 19.5 Å². The van der Waals surface area contributed by atoms with Crippen molar-refractivity contribution in [3.63, 3.8) is 0 Å². The van der Waals surface area contributed by atoms with Crippen molar-refractivity contribution in [2.45, 2.75) is 11.8 Å². The number of hydrogen-bond donors (Lipinski definition) is 1. The maximum Gasteiger partial charge on any atom is 0.338 e. The fourth-order valence-corrected chi connectivity index (χ4v) is 1.97. The zero-order chi connectivity index (χ0) is 13.8. The number of carbonyl (C=O) groups is 1. The van der Waals surface area contributed by atoms with Gasteiger partial charge in [0.25, 0.3) is 0 Å². The fraction of sp³-hybridized carbons (Fsp3) is 0.364. The minimum absolute atomic E-state index is 0.105. The average Bonchev–Trinajstić information content (AvgIpc) is 2.27. The second-order valence-electron chi connectivity index (χ2n) is 3.71. The van der Waals surface area contributed by atoms with Gasteiger partial charge in [0.1, 0.15) is 6.61 Å². The molecule has 0 saturated heterocycles. The van der Waals surface area contributed by atoms with Crippen molar-refractivity contribution in [1.82, 2.24) is 0 Å². The number of hydrogen-bond acceptors (Lipinski definition) is 5. The van der Waals surface area contributed by atoms with E-state index in [2.05, 4.69) is 0 Å². The van der Waals surface area contributed by atoms with E-state index < -0.39 is 16.0 Å². The molecule has 6 nitrogen and oxygen atoms in total. The Bertz CT molecular complexity index is 538. The number of nitrogens with two attached hydrogens (primary N) is 1. The molecule has 0 aliphatic heterocycles. The van der Waals surface area contributed by atoms with Gasteiger partial charge in [0.2, 0.25) is 10.0 Å². The Kier molecular flexibility index (Phi) is 4.83. The summed E-state index contributed by atoms with van der Waals surface area (Å²) in [6.45, 7) is 2.05. The molecule has 0 bridgehead atoms. The van der Waals surface area contributed by atoms with Crippen LogP contribution < -0.4 is 5.14 Å². The lowest BCUT2D eigenvalue weighted by Crippen LogP contribution is -2.15. The standard InChI is InChI=1S/C11H15NO5S/c1-8-5-9(11(13)17-4-3-16-2)7-10(6-8)18(12,14)15/h5-7H,3-4H2,1-2H3,(H2,12,14,15). The number of benzene rings is 1. The molecular formula is C11H15NO5S. The number of esters is 1. The SMILES string of the molecule is COCCOC(=O)c1cc(C)cc(S(N)(=O)=O)c1. The van der Waals surface area contributed by atoms with Gasteiger partial charge < -0.3 is 9.47 Å². The van der Waals surface area contributed by atoms with Crippen LogP contribution in [0.2, 0.25) is 0 Å². The van der Waals surface area contributed by atoms with Crippen molar-refractivity contribution < 1.29 is 22.7 Å². The number of primary sulfonamides is 1. The summed E-state index contributed by atoms with van der Waals surface area (Å²) in [5.41, 5.74) is 0.760. The van der Waals surface area contributed by atoms with Crippen LogP contribution in [0, 0.1) is 6.92 Å². The van der Waals surface area contributed by atoms with E-state index in [0.29, 0.717) is 5.56 Å². The Balaban J connectivity index is 2.96. The van der Waals surface area contributed by atoms with Gasteiger partial charge in [-0.05, 0) is 30.7 Å². The van der Waals surface area contributed by atoms with Crippen molar-refractivity contribution >= 4 is 16.0 Å². The average molecular weight is 273 g/mol. The molecule has 1 aromatic rings. The van der Waals surface area contributed by atoms with Crippen LogP contribution in [0.5, 0.6) is 0 Å². The molecule has 0 radical (unpaired) electrons. The maximum absolute atomic E-state index is 11.6. The van der Waals surface area contributed by atoms with Crippen LogP contribution in [0.1, 0.15) is 15.9 Å². The number of ether oxygens (including phenoxy) is 2. The van der Waals surface area contributed by atoms with Gasteiger partial charge >= 0.3 is 5.97 Å². The molecule has 2 N–H and O–H groups in total. The highest BCUT2D eigenvalue weighted by Gasteiger charge is 2.14. The minimum atomic E-state index is -3.84. The van der Waals surface area contributed by atoms with Crippen LogP contribution in [0.25, 0.3) is 0 Å². The lowest BCUT2D eigenvalue weighted by Gasteiger charge is -2.07. The monoisotopic (exact) mass is 273 g/mol. The molecule has 18 heavy (non-hydrogen) atoms. The smallest absolute Gasteiger partial charge is 0.338 e. The number of aryl methyl sites for hydroxylation is 1. The van der Waals surface area contributed by atoms with Gasteiger partial charge in [-0.15, -0.1) is 0 Å². The zero-order valence-electron chi connectivity index (χ0n) is 10.2. The van der Waals surface area contributed by atoms with Crippen LogP contribution in [0.3, 0.4) is 0 Å². The van der Waals surface area contributed by atoms with Crippen molar-refractivity contribution in [3.05, 3.63) is 29.3 Å². The molecule has 100 valence electrons. The number of carbonyl (C=O) groups excluding carboxylic acids is 1. The van der Waals surface area contributed by atoms with Gasteiger partial charge in [-0.3, -0.25) is 0 Å². The lowest BCUT2D eigenvalue weighted by atomic mass is 10.1. The first-order chi connectivity index (χ1) is 8.34. The Morgan fingerprint density at radius 1 is 1.28 bits per heavy atom. The topological polar surface area (TPSA) is 95.7 Å². The zero-order valence-corrected chi connectivity index (χ0v) is 11.0. The van der Waals surface area contributed by atoms with Crippen LogP contribution in [0.15, 0.2) is 23.1 Å². The Hall–Kier alpha value is -1.44. The summed E-state index contributed by atoms with van der Waals surface area (Å²) in [4.78, 5) is 11.5. The van der Waals surface area contributed by atoms with Gasteiger partial charge in [-0.1, -0.05) is 0 Å². The first kappa shape index (κ1) is 14.6. The van der Waals surface area contributed by atoms with E-state index in [-0.39, 0.29) is 23.7 Å². The van der Waals surface area contributed by atoms with Crippen molar-refractivity contribution in [3.8, 4) is 0 Å². The largest absolute Gasteiger partial charge is 0.460 e. The van der Waals surface area contributed by atoms with Crippen molar-refractivity contribution in [1.29, 1.82) is 0 Å². The van der Waals surface area contributed by atoms with Crippen LogP contribution in [0.4, 0.5) is 0 Å². The van der Waals surface area contributed by atoms with E-state index >= 15 is 0 Å². The first-order valence-corrected chi connectivity index (χ1v) is 6.70. The molecule has 0 aromatic heterocycles. The molecular weight excluding hydrogens is 258 g/mol. The van der Waals surface area contributed by atoms with Crippen LogP contribution in [-0.4, -0.2) is 34.7 Å². The van der Waals surface area contributed by atoms with E-state index in [1.54, 1.807) is 6.92 Å². The van der Waals surface area contributed by atoms with Crippen molar-refractivity contribution in [2.75, 3.05) is 20.3 Å². The third-order valence-electron chi connectivity index (χ3n) is 2.14. The van der Waals surface area contributed by atoms with Crippen LogP contribution >= 0.6 is 0 Å². The van der Waals surface area contributed by atoms with E-state index in [9.17, 15) is 13.2 Å². The van der Waals surface area contributed by atoms with E-state index in [4.69, 9.17) is 14.6 Å². The molecule has 0 heterocycles.